The number of nitrogens with two attached hydrogens (primary N) is 1. The molecule has 4 nitrogen and oxygen atoms in total. The van der Waals surface area contributed by atoms with E-state index in [9.17, 15) is 5.11 Å². The van der Waals surface area contributed by atoms with Gasteiger partial charge in [-0.05, 0) is 25.5 Å². The van der Waals surface area contributed by atoms with Gasteiger partial charge >= 0.3 is 0 Å². The van der Waals surface area contributed by atoms with Crippen LogP contribution >= 0.6 is 0 Å². The monoisotopic (exact) mass is 219 g/mol. The van der Waals surface area contributed by atoms with Crippen molar-refractivity contribution in [1.29, 1.82) is 5.26 Å². The lowest BCUT2D eigenvalue weighted by Gasteiger charge is -2.29. The lowest BCUT2D eigenvalue weighted by atomic mass is 9.99. The van der Waals surface area contributed by atoms with Crippen LogP contribution in [0.3, 0.4) is 0 Å². The van der Waals surface area contributed by atoms with E-state index in [0.717, 1.165) is 6.42 Å². The van der Waals surface area contributed by atoms with Crippen LogP contribution in [0.5, 0.6) is 0 Å². The maximum Gasteiger partial charge on any atom is 0.101 e. The molecule has 0 aliphatic rings. The van der Waals surface area contributed by atoms with Crippen molar-refractivity contribution < 1.29 is 5.11 Å². The number of aliphatic hydroxyl groups is 1. The van der Waals surface area contributed by atoms with Crippen molar-refractivity contribution in [1.82, 2.24) is 0 Å². The van der Waals surface area contributed by atoms with Gasteiger partial charge in [0.2, 0.25) is 0 Å². The normalized spacial score (nSPS) is 13.9. The molecule has 4 N–H and O–H groups in total. The standard InChI is InChI=1S/C12H17N3O/c1-3-12(2,8-16)15-10-6-4-5-9(7-13)11(10)14/h4-6,15-16H,3,8,14H2,1-2H3. The molecule has 0 heterocycles. The summed E-state index contributed by atoms with van der Waals surface area (Å²) < 4.78 is 0. The third kappa shape index (κ3) is 2.44. The van der Waals surface area contributed by atoms with Gasteiger partial charge in [-0.2, -0.15) is 5.26 Å². The Labute approximate surface area is 95.7 Å². The van der Waals surface area contributed by atoms with Crippen molar-refractivity contribution in [3.05, 3.63) is 23.8 Å². The summed E-state index contributed by atoms with van der Waals surface area (Å²) in [7, 11) is 0. The Kier molecular flexibility index (Phi) is 3.75. The summed E-state index contributed by atoms with van der Waals surface area (Å²) in [5.74, 6) is 0. The zero-order chi connectivity index (χ0) is 12.2. The van der Waals surface area contributed by atoms with Gasteiger partial charge in [0, 0.05) is 0 Å². The van der Waals surface area contributed by atoms with E-state index in [4.69, 9.17) is 11.0 Å². The molecule has 86 valence electrons. The Morgan fingerprint density at radius 1 is 1.56 bits per heavy atom. The molecule has 4 heteroatoms. The van der Waals surface area contributed by atoms with E-state index in [1.807, 2.05) is 19.9 Å². The maximum atomic E-state index is 9.30. The van der Waals surface area contributed by atoms with Crippen LogP contribution in [0.2, 0.25) is 0 Å². The summed E-state index contributed by atoms with van der Waals surface area (Å²) in [6, 6.07) is 7.27. The van der Waals surface area contributed by atoms with Gasteiger partial charge < -0.3 is 16.2 Å². The number of para-hydroxylation sites is 1. The molecule has 1 aromatic carbocycles. The summed E-state index contributed by atoms with van der Waals surface area (Å²) >= 11 is 0. The molecule has 0 aliphatic carbocycles. The van der Waals surface area contributed by atoms with Crippen LogP contribution in [0.25, 0.3) is 0 Å². The fourth-order valence-electron chi connectivity index (χ4n) is 1.34. The van der Waals surface area contributed by atoms with Crippen molar-refractivity contribution >= 4 is 11.4 Å². The summed E-state index contributed by atoms with van der Waals surface area (Å²) in [6.07, 6.45) is 0.764. The number of nitrogens with one attached hydrogen (secondary N) is 1. The highest BCUT2D eigenvalue weighted by Gasteiger charge is 2.21. The molecule has 0 aromatic heterocycles. The molecule has 0 aliphatic heterocycles. The Balaban J connectivity index is 3.03. The maximum absolute atomic E-state index is 9.30. The van der Waals surface area contributed by atoms with E-state index in [1.54, 1.807) is 18.2 Å². The second kappa shape index (κ2) is 4.86. The SMILES string of the molecule is CCC(C)(CO)Nc1cccc(C#N)c1N. The summed E-state index contributed by atoms with van der Waals surface area (Å²) in [5.41, 5.74) is 7.00. The average Bonchev–Trinajstić information content (AvgIpc) is 2.32. The molecule has 1 atom stereocenters. The molecule has 0 fully saturated rings. The predicted octanol–water partition coefficient (Wildman–Crippen LogP) is 1.71. The smallest absolute Gasteiger partial charge is 0.101 e. The van der Waals surface area contributed by atoms with Crippen LogP contribution in [-0.2, 0) is 0 Å². The van der Waals surface area contributed by atoms with Crippen LogP contribution in [0.4, 0.5) is 11.4 Å². The first-order valence-corrected chi connectivity index (χ1v) is 5.24. The summed E-state index contributed by atoms with van der Waals surface area (Å²) in [6.45, 7) is 3.90. The van der Waals surface area contributed by atoms with Crippen LogP contribution < -0.4 is 11.1 Å². The molecule has 1 unspecified atom stereocenters. The third-order valence-corrected chi connectivity index (χ3v) is 2.79. The minimum atomic E-state index is -0.414. The zero-order valence-corrected chi connectivity index (χ0v) is 9.62. The molecular formula is C12H17N3O. The number of hydrogen-bond donors (Lipinski definition) is 3. The van der Waals surface area contributed by atoms with E-state index in [-0.39, 0.29) is 6.61 Å². The van der Waals surface area contributed by atoms with Crippen LogP contribution in [0.15, 0.2) is 18.2 Å². The summed E-state index contributed by atoms with van der Waals surface area (Å²) in [5, 5.41) is 21.3. The van der Waals surface area contributed by atoms with E-state index in [1.165, 1.54) is 0 Å². The summed E-state index contributed by atoms with van der Waals surface area (Å²) in [4.78, 5) is 0. The molecule has 0 saturated heterocycles. The molecule has 0 amide bonds. The molecule has 1 rings (SSSR count). The van der Waals surface area contributed by atoms with E-state index in [0.29, 0.717) is 16.9 Å². The van der Waals surface area contributed by atoms with Crippen molar-refractivity contribution in [2.45, 2.75) is 25.8 Å². The highest BCUT2D eigenvalue weighted by molar-refractivity contribution is 5.73. The van der Waals surface area contributed by atoms with E-state index >= 15 is 0 Å². The Morgan fingerprint density at radius 3 is 2.75 bits per heavy atom. The van der Waals surface area contributed by atoms with E-state index in [2.05, 4.69) is 5.32 Å². The number of benzene rings is 1. The molecule has 1 aromatic rings. The van der Waals surface area contributed by atoms with Gasteiger partial charge in [-0.3, -0.25) is 0 Å². The number of rotatable bonds is 4. The van der Waals surface area contributed by atoms with Crippen molar-refractivity contribution in [2.24, 2.45) is 0 Å². The number of nitrogen functional groups attached to an aromatic ring is 1. The largest absolute Gasteiger partial charge is 0.396 e. The first kappa shape index (κ1) is 12.3. The number of aliphatic hydroxyl groups excluding tert-OH is 1. The molecule has 0 spiro atoms. The number of anilines is 2. The van der Waals surface area contributed by atoms with Gasteiger partial charge in [-0.15, -0.1) is 0 Å². The molecule has 0 radical (unpaired) electrons. The quantitative estimate of drug-likeness (QED) is 0.673. The van der Waals surface area contributed by atoms with Crippen LogP contribution in [-0.4, -0.2) is 17.3 Å². The molecular weight excluding hydrogens is 202 g/mol. The molecule has 0 bridgehead atoms. The van der Waals surface area contributed by atoms with Gasteiger partial charge in [0.15, 0.2) is 0 Å². The first-order valence-electron chi connectivity index (χ1n) is 5.24. The van der Waals surface area contributed by atoms with Crippen LogP contribution in [0.1, 0.15) is 25.8 Å². The lowest BCUT2D eigenvalue weighted by molar-refractivity contribution is 0.219. The highest BCUT2D eigenvalue weighted by atomic mass is 16.3. The number of nitrogens with zero attached hydrogens (tertiary/aromatic N) is 1. The second-order valence-electron chi connectivity index (χ2n) is 4.08. The minimum Gasteiger partial charge on any atom is -0.396 e. The van der Waals surface area contributed by atoms with Gasteiger partial charge in [0.25, 0.3) is 0 Å². The Bertz CT molecular complexity index is 405. The number of nitriles is 1. The van der Waals surface area contributed by atoms with Gasteiger partial charge in [0.1, 0.15) is 6.07 Å². The lowest BCUT2D eigenvalue weighted by Crippen LogP contribution is -2.38. The fraction of sp³-hybridized carbons (Fsp3) is 0.417. The topological polar surface area (TPSA) is 82.1 Å². The molecule has 0 saturated carbocycles. The van der Waals surface area contributed by atoms with Crippen LogP contribution in [0, 0.1) is 11.3 Å². The van der Waals surface area contributed by atoms with Crippen molar-refractivity contribution in [2.75, 3.05) is 17.7 Å². The van der Waals surface area contributed by atoms with E-state index < -0.39 is 5.54 Å². The average molecular weight is 219 g/mol. The first-order chi connectivity index (χ1) is 7.56. The molecule has 16 heavy (non-hydrogen) atoms. The Hall–Kier alpha value is -1.73. The van der Waals surface area contributed by atoms with Gasteiger partial charge in [-0.1, -0.05) is 13.0 Å². The fourth-order valence-corrected chi connectivity index (χ4v) is 1.34. The highest BCUT2D eigenvalue weighted by Crippen LogP contribution is 2.26. The van der Waals surface area contributed by atoms with Crippen molar-refractivity contribution in [3.8, 4) is 6.07 Å². The van der Waals surface area contributed by atoms with Gasteiger partial charge in [-0.25, -0.2) is 0 Å². The number of hydrogen-bond acceptors (Lipinski definition) is 4. The Morgan fingerprint density at radius 2 is 2.25 bits per heavy atom. The third-order valence-electron chi connectivity index (χ3n) is 2.79. The van der Waals surface area contributed by atoms with Gasteiger partial charge in [0.05, 0.1) is 29.1 Å². The zero-order valence-electron chi connectivity index (χ0n) is 9.62. The minimum absolute atomic E-state index is 0.0136. The second-order valence-corrected chi connectivity index (χ2v) is 4.08. The predicted molar refractivity (Wildman–Crippen MR) is 65.0 cm³/mol. The van der Waals surface area contributed by atoms with Crippen molar-refractivity contribution in [3.63, 3.8) is 0 Å².